The van der Waals surface area contributed by atoms with Crippen LogP contribution in [0.3, 0.4) is 0 Å². The van der Waals surface area contributed by atoms with E-state index < -0.39 is 0 Å². The Morgan fingerprint density at radius 3 is 1.96 bits per heavy atom. The lowest BCUT2D eigenvalue weighted by Gasteiger charge is -2.10. The fourth-order valence-electron chi connectivity index (χ4n) is 2.16. The van der Waals surface area contributed by atoms with Gasteiger partial charge in [0.1, 0.15) is 11.4 Å². The van der Waals surface area contributed by atoms with Gasteiger partial charge in [-0.1, -0.05) is 4.98 Å². The number of nitrogens with two attached hydrogens (primary N) is 2. The van der Waals surface area contributed by atoms with Crippen molar-refractivity contribution >= 4 is 23.2 Å². The number of hydrogen-bond donors (Lipinski definition) is 2. The molecule has 122 valence electrons. The number of ketones is 2. The van der Waals surface area contributed by atoms with Crippen LogP contribution in [0.25, 0.3) is 11.3 Å². The van der Waals surface area contributed by atoms with Crippen molar-refractivity contribution in [1.82, 2.24) is 4.98 Å². The third-order valence-corrected chi connectivity index (χ3v) is 3.74. The first-order valence-corrected chi connectivity index (χ1v) is 6.81. The van der Waals surface area contributed by atoms with Crippen LogP contribution in [0, 0.1) is 6.92 Å². The minimum Gasteiger partial charge on any atom is -1.00 e. The molecule has 0 aliphatic carbocycles. The zero-order valence-corrected chi connectivity index (χ0v) is 14.2. The number of nitrogen functional groups attached to an aromatic ring is 2. The number of carbonyl (C=O) groups is 2. The number of anilines is 2. The summed E-state index contributed by atoms with van der Waals surface area (Å²) in [7, 11) is 1.77. The minimum atomic E-state index is -0.130. The van der Waals surface area contributed by atoms with Crippen LogP contribution in [0.15, 0.2) is 18.2 Å². The molecule has 7 heteroatoms. The summed E-state index contributed by atoms with van der Waals surface area (Å²) in [5.74, 6) is 0.0440. The lowest BCUT2D eigenvalue weighted by Crippen LogP contribution is -3.00. The van der Waals surface area contributed by atoms with Crippen LogP contribution in [0.1, 0.15) is 40.3 Å². The lowest BCUT2D eigenvalue weighted by molar-refractivity contribution is -0.664. The highest BCUT2D eigenvalue weighted by Crippen LogP contribution is 2.28. The molecule has 23 heavy (non-hydrogen) atoms. The van der Waals surface area contributed by atoms with E-state index in [1.165, 1.54) is 13.8 Å². The summed E-state index contributed by atoms with van der Waals surface area (Å²) in [6.45, 7) is 4.73. The fourth-order valence-corrected chi connectivity index (χ4v) is 2.16. The molecular weight excluding hydrogens is 316 g/mol. The molecule has 0 saturated heterocycles. The molecule has 0 saturated carbocycles. The molecule has 0 spiro atoms. The molecule has 6 nitrogen and oxygen atoms in total. The van der Waals surface area contributed by atoms with Crippen LogP contribution in [0.5, 0.6) is 0 Å². The quantitative estimate of drug-likeness (QED) is 0.523. The number of halogens is 1. The summed E-state index contributed by atoms with van der Waals surface area (Å²) in [5.41, 5.74) is 15.2. The summed E-state index contributed by atoms with van der Waals surface area (Å²) in [6.07, 6.45) is 0. The van der Waals surface area contributed by atoms with Gasteiger partial charge in [-0.2, -0.15) is 0 Å². The smallest absolute Gasteiger partial charge is 0.389 e. The minimum absolute atomic E-state index is 0. The van der Waals surface area contributed by atoms with Gasteiger partial charge in [0.2, 0.25) is 0 Å². The van der Waals surface area contributed by atoms with Gasteiger partial charge in [0.05, 0.1) is 7.05 Å². The van der Waals surface area contributed by atoms with Gasteiger partial charge in [0.25, 0.3) is 0 Å². The molecule has 4 N–H and O–H groups in total. The van der Waals surface area contributed by atoms with Gasteiger partial charge in [-0.05, 0) is 39.0 Å². The zero-order valence-electron chi connectivity index (χ0n) is 13.5. The van der Waals surface area contributed by atoms with Gasteiger partial charge in [-0.25, -0.2) is 4.57 Å². The number of aromatic nitrogens is 2. The first-order chi connectivity index (χ1) is 10.2. The molecule has 0 radical (unpaired) electrons. The monoisotopic (exact) mass is 334 g/mol. The Hall–Kier alpha value is -2.47. The van der Waals surface area contributed by atoms with Crippen molar-refractivity contribution in [3.63, 3.8) is 0 Å². The van der Waals surface area contributed by atoms with Crippen LogP contribution >= 0.6 is 0 Å². The molecule has 2 aromatic rings. The Labute approximate surface area is 140 Å². The third kappa shape index (κ3) is 3.48. The van der Waals surface area contributed by atoms with Gasteiger partial charge in [-0.3, -0.25) is 15.3 Å². The molecule has 0 aliphatic rings. The van der Waals surface area contributed by atoms with E-state index in [1.54, 1.807) is 29.8 Å². The SMILES string of the molecule is CC(=O)c1cc(C(C)=O)cc(-c2nc(N)[n+](C)c(C)c2N)c1.[Cl-]. The van der Waals surface area contributed by atoms with E-state index in [-0.39, 0.29) is 24.0 Å². The highest BCUT2D eigenvalue weighted by atomic mass is 35.5. The highest BCUT2D eigenvalue weighted by molar-refractivity contribution is 6.01. The first-order valence-electron chi connectivity index (χ1n) is 6.81. The third-order valence-electron chi connectivity index (χ3n) is 3.74. The molecule has 0 atom stereocenters. The largest absolute Gasteiger partial charge is 1.00 e. The Kier molecular flexibility index (Phi) is 5.45. The average molecular weight is 335 g/mol. The van der Waals surface area contributed by atoms with Crippen molar-refractivity contribution in [2.75, 3.05) is 11.5 Å². The lowest BCUT2D eigenvalue weighted by atomic mass is 9.98. The number of rotatable bonds is 3. The van der Waals surface area contributed by atoms with Gasteiger partial charge >= 0.3 is 5.95 Å². The van der Waals surface area contributed by atoms with E-state index in [4.69, 9.17) is 11.5 Å². The van der Waals surface area contributed by atoms with Gasteiger partial charge in [0, 0.05) is 16.7 Å². The molecule has 0 amide bonds. The van der Waals surface area contributed by atoms with E-state index in [1.807, 2.05) is 6.92 Å². The Bertz CT molecular complexity index is 771. The molecule has 0 bridgehead atoms. The molecule has 0 fully saturated rings. The molecule has 1 aromatic carbocycles. The summed E-state index contributed by atoms with van der Waals surface area (Å²) in [5, 5.41) is 0. The van der Waals surface area contributed by atoms with Gasteiger partial charge in [-0.15, -0.1) is 0 Å². The summed E-state index contributed by atoms with van der Waals surface area (Å²) in [4.78, 5) is 27.7. The van der Waals surface area contributed by atoms with Crippen LogP contribution in [-0.2, 0) is 7.05 Å². The van der Waals surface area contributed by atoms with Gasteiger partial charge in [0.15, 0.2) is 17.3 Å². The molecular formula is C16H19ClN4O2. The van der Waals surface area contributed by atoms with Crippen molar-refractivity contribution in [3.05, 3.63) is 35.0 Å². The maximum Gasteiger partial charge on any atom is 0.389 e. The second kappa shape index (κ2) is 6.75. The predicted molar refractivity (Wildman–Crippen MR) is 84.4 cm³/mol. The van der Waals surface area contributed by atoms with E-state index in [0.717, 1.165) is 5.69 Å². The van der Waals surface area contributed by atoms with E-state index >= 15 is 0 Å². The maximum absolute atomic E-state index is 11.7. The Balaban J connectivity index is 0.00000264. The second-order valence-electron chi connectivity index (χ2n) is 5.29. The summed E-state index contributed by atoms with van der Waals surface area (Å²) < 4.78 is 1.68. The molecule has 2 rings (SSSR count). The standard InChI is InChI=1S/C16H18N4O2.ClH/c1-8-14(17)15(19-16(18)20(8)4)13-6-11(9(2)21)5-12(7-13)10(3)22;/h5-7,18H,17H2,1-4H3;1H. The van der Waals surface area contributed by atoms with Crippen LogP contribution in [0.2, 0.25) is 0 Å². The zero-order chi connectivity index (χ0) is 16.6. The second-order valence-corrected chi connectivity index (χ2v) is 5.29. The van der Waals surface area contributed by atoms with Crippen molar-refractivity contribution in [1.29, 1.82) is 0 Å². The van der Waals surface area contributed by atoms with Gasteiger partial charge < -0.3 is 18.1 Å². The van der Waals surface area contributed by atoms with Crippen LogP contribution < -0.4 is 28.4 Å². The number of carbonyl (C=O) groups excluding carboxylic acids is 2. The predicted octanol–water partition coefficient (Wildman–Crippen LogP) is -1.54. The van der Waals surface area contributed by atoms with E-state index in [9.17, 15) is 9.59 Å². The topological polar surface area (TPSA) is 103 Å². The molecule has 0 aliphatic heterocycles. The van der Waals surface area contributed by atoms with Crippen molar-refractivity contribution < 1.29 is 26.6 Å². The van der Waals surface area contributed by atoms with Crippen LogP contribution in [0.4, 0.5) is 11.6 Å². The number of nitrogens with zero attached hydrogens (tertiary/aromatic N) is 2. The number of hydrogen-bond acceptors (Lipinski definition) is 5. The number of Topliss-reactive ketones (excluding diaryl/α,β-unsaturated/α-hetero) is 2. The van der Waals surface area contributed by atoms with E-state index in [0.29, 0.717) is 34.0 Å². The summed E-state index contributed by atoms with van der Waals surface area (Å²) in [6, 6.07) is 4.92. The molecule has 1 heterocycles. The van der Waals surface area contributed by atoms with Crippen molar-refractivity contribution in [2.24, 2.45) is 7.05 Å². The van der Waals surface area contributed by atoms with Crippen molar-refractivity contribution in [2.45, 2.75) is 20.8 Å². The number of benzene rings is 1. The fraction of sp³-hybridized carbons (Fsp3) is 0.250. The van der Waals surface area contributed by atoms with Crippen molar-refractivity contribution in [3.8, 4) is 11.3 Å². The van der Waals surface area contributed by atoms with Crippen LogP contribution in [-0.4, -0.2) is 16.6 Å². The maximum atomic E-state index is 11.7. The van der Waals surface area contributed by atoms with E-state index in [2.05, 4.69) is 4.98 Å². The molecule has 0 unspecified atom stereocenters. The average Bonchev–Trinajstić information content (AvgIpc) is 2.48. The first kappa shape index (κ1) is 18.6. The Morgan fingerprint density at radius 2 is 1.52 bits per heavy atom. The molecule has 1 aromatic heterocycles. The normalized spacial score (nSPS) is 10.1. The summed E-state index contributed by atoms with van der Waals surface area (Å²) >= 11 is 0. The highest BCUT2D eigenvalue weighted by Gasteiger charge is 2.20. The Morgan fingerprint density at radius 1 is 1.04 bits per heavy atom.